The van der Waals surface area contributed by atoms with Gasteiger partial charge < -0.3 is 5.32 Å². The van der Waals surface area contributed by atoms with Gasteiger partial charge in [0.15, 0.2) is 0 Å². The molecule has 16 heavy (non-hydrogen) atoms. The first kappa shape index (κ1) is 13.1. The van der Waals surface area contributed by atoms with Crippen LogP contribution in [0, 0.1) is 19.8 Å². The highest BCUT2D eigenvalue weighted by molar-refractivity contribution is 5.52. The van der Waals surface area contributed by atoms with E-state index in [1.807, 2.05) is 0 Å². The highest BCUT2D eigenvalue weighted by atomic mass is 15.3. The van der Waals surface area contributed by atoms with Gasteiger partial charge in [-0.3, -0.25) is 4.68 Å². The normalized spacial score (nSPS) is 13.6. The highest BCUT2D eigenvalue weighted by Gasteiger charge is 2.16. The number of aromatic nitrogens is 2. The first-order valence-corrected chi connectivity index (χ1v) is 6.16. The molecule has 0 saturated heterocycles. The Morgan fingerprint density at radius 3 is 2.00 bits per heavy atom. The zero-order valence-electron chi connectivity index (χ0n) is 11.6. The van der Waals surface area contributed by atoms with Crippen molar-refractivity contribution in [1.29, 1.82) is 0 Å². The second kappa shape index (κ2) is 4.89. The van der Waals surface area contributed by atoms with Crippen LogP contribution in [0.1, 0.15) is 52.0 Å². The van der Waals surface area contributed by atoms with Crippen LogP contribution in [0.2, 0.25) is 0 Å². The molecule has 1 unspecified atom stereocenters. The van der Waals surface area contributed by atoms with Crippen LogP contribution in [0.3, 0.4) is 0 Å². The van der Waals surface area contributed by atoms with E-state index in [1.54, 1.807) is 0 Å². The molecule has 0 amide bonds. The van der Waals surface area contributed by atoms with Gasteiger partial charge in [-0.15, -0.1) is 0 Å². The molecule has 0 aliphatic heterocycles. The number of rotatable bonds is 4. The van der Waals surface area contributed by atoms with E-state index in [1.165, 1.54) is 11.4 Å². The maximum Gasteiger partial charge on any atom is 0.0828 e. The van der Waals surface area contributed by atoms with Crippen molar-refractivity contribution in [2.75, 3.05) is 5.32 Å². The van der Waals surface area contributed by atoms with E-state index in [-0.39, 0.29) is 0 Å². The number of hydrogen-bond acceptors (Lipinski definition) is 2. The molecule has 0 spiro atoms. The standard InChI is InChI=1S/C13H25N3/c1-8(2)10(5)14-13-11(6)15-16(9(3)4)12(13)7/h8-10,14H,1-7H3. The van der Waals surface area contributed by atoms with Crippen molar-refractivity contribution >= 4 is 5.69 Å². The predicted molar refractivity (Wildman–Crippen MR) is 70.0 cm³/mol. The van der Waals surface area contributed by atoms with Gasteiger partial charge in [0.2, 0.25) is 0 Å². The van der Waals surface area contributed by atoms with Crippen LogP contribution < -0.4 is 5.32 Å². The molecular weight excluding hydrogens is 198 g/mol. The molecule has 0 bridgehead atoms. The Labute approximate surface area is 99.2 Å². The second-order valence-electron chi connectivity index (χ2n) is 5.26. The third-order valence-corrected chi connectivity index (χ3v) is 3.19. The molecule has 1 atom stereocenters. The Morgan fingerprint density at radius 2 is 1.62 bits per heavy atom. The van der Waals surface area contributed by atoms with E-state index < -0.39 is 0 Å². The minimum Gasteiger partial charge on any atom is -0.379 e. The fourth-order valence-electron chi connectivity index (χ4n) is 1.77. The van der Waals surface area contributed by atoms with Crippen LogP contribution >= 0.6 is 0 Å². The van der Waals surface area contributed by atoms with Crippen molar-refractivity contribution in [1.82, 2.24) is 9.78 Å². The zero-order chi connectivity index (χ0) is 12.5. The van der Waals surface area contributed by atoms with Gasteiger partial charge in [0, 0.05) is 12.1 Å². The van der Waals surface area contributed by atoms with E-state index in [4.69, 9.17) is 0 Å². The monoisotopic (exact) mass is 223 g/mol. The average Bonchev–Trinajstić information content (AvgIpc) is 2.45. The molecule has 0 aromatic carbocycles. The summed E-state index contributed by atoms with van der Waals surface area (Å²) in [5.41, 5.74) is 3.54. The molecule has 1 heterocycles. The Balaban J connectivity index is 2.96. The van der Waals surface area contributed by atoms with Gasteiger partial charge in [0.05, 0.1) is 17.1 Å². The van der Waals surface area contributed by atoms with Gasteiger partial charge in [0.25, 0.3) is 0 Å². The zero-order valence-corrected chi connectivity index (χ0v) is 11.6. The molecule has 1 N–H and O–H groups in total. The molecule has 1 aromatic heterocycles. The van der Waals surface area contributed by atoms with Crippen molar-refractivity contribution in [3.05, 3.63) is 11.4 Å². The summed E-state index contributed by atoms with van der Waals surface area (Å²) in [6.45, 7) is 15.2. The molecule has 0 aliphatic rings. The Hall–Kier alpha value is -0.990. The summed E-state index contributed by atoms with van der Waals surface area (Å²) in [5, 5.41) is 8.15. The van der Waals surface area contributed by atoms with Crippen molar-refractivity contribution < 1.29 is 0 Å². The summed E-state index contributed by atoms with van der Waals surface area (Å²) in [4.78, 5) is 0. The molecule has 0 saturated carbocycles. The van der Waals surface area contributed by atoms with Crippen LogP contribution in [0.15, 0.2) is 0 Å². The molecule has 0 radical (unpaired) electrons. The number of aryl methyl sites for hydroxylation is 1. The summed E-state index contributed by atoms with van der Waals surface area (Å²) in [7, 11) is 0. The Kier molecular flexibility index (Phi) is 4.00. The predicted octanol–water partition coefficient (Wildman–Crippen LogP) is 3.54. The van der Waals surface area contributed by atoms with Gasteiger partial charge in [0.1, 0.15) is 0 Å². The molecule has 0 fully saturated rings. The van der Waals surface area contributed by atoms with E-state index in [0.717, 1.165) is 5.69 Å². The second-order valence-corrected chi connectivity index (χ2v) is 5.26. The summed E-state index contributed by atoms with van der Waals surface area (Å²) < 4.78 is 2.09. The van der Waals surface area contributed by atoms with Gasteiger partial charge >= 0.3 is 0 Å². The van der Waals surface area contributed by atoms with Crippen molar-refractivity contribution in [2.45, 2.75) is 60.5 Å². The fraction of sp³-hybridized carbons (Fsp3) is 0.769. The van der Waals surface area contributed by atoms with Crippen LogP contribution in [-0.2, 0) is 0 Å². The fourth-order valence-corrected chi connectivity index (χ4v) is 1.77. The third-order valence-electron chi connectivity index (χ3n) is 3.19. The lowest BCUT2D eigenvalue weighted by Gasteiger charge is -2.19. The lowest BCUT2D eigenvalue weighted by molar-refractivity contribution is 0.516. The average molecular weight is 223 g/mol. The summed E-state index contributed by atoms with van der Waals surface area (Å²) in [6, 6.07) is 0.894. The van der Waals surface area contributed by atoms with E-state index in [2.05, 4.69) is 63.6 Å². The largest absolute Gasteiger partial charge is 0.379 e. The third kappa shape index (κ3) is 2.57. The molecule has 1 aromatic rings. The number of anilines is 1. The Morgan fingerprint density at radius 1 is 1.06 bits per heavy atom. The van der Waals surface area contributed by atoms with Gasteiger partial charge in [-0.2, -0.15) is 5.10 Å². The first-order chi connectivity index (χ1) is 7.34. The number of nitrogens with zero attached hydrogens (tertiary/aromatic N) is 2. The summed E-state index contributed by atoms with van der Waals surface area (Å²) >= 11 is 0. The topological polar surface area (TPSA) is 29.9 Å². The number of nitrogens with one attached hydrogen (secondary N) is 1. The lowest BCUT2D eigenvalue weighted by Crippen LogP contribution is -2.22. The van der Waals surface area contributed by atoms with Crippen molar-refractivity contribution in [3.63, 3.8) is 0 Å². The molecule has 3 nitrogen and oxygen atoms in total. The van der Waals surface area contributed by atoms with Crippen molar-refractivity contribution in [2.24, 2.45) is 5.92 Å². The molecule has 3 heteroatoms. The minimum atomic E-state index is 0.420. The van der Waals surface area contributed by atoms with Crippen LogP contribution in [0.5, 0.6) is 0 Å². The molecular formula is C13H25N3. The summed E-state index contributed by atoms with van der Waals surface area (Å²) in [5.74, 6) is 0.626. The SMILES string of the molecule is Cc1nn(C(C)C)c(C)c1NC(C)C(C)C. The van der Waals surface area contributed by atoms with E-state index in [9.17, 15) is 0 Å². The highest BCUT2D eigenvalue weighted by Crippen LogP contribution is 2.24. The van der Waals surface area contributed by atoms with Crippen molar-refractivity contribution in [3.8, 4) is 0 Å². The van der Waals surface area contributed by atoms with Crippen LogP contribution in [0.4, 0.5) is 5.69 Å². The maximum atomic E-state index is 4.58. The quantitative estimate of drug-likeness (QED) is 0.846. The lowest BCUT2D eigenvalue weighted by atomic mass is 10.1. The number of hydrogen-bond donors (Lipinski definition) is 1. The van der Waals surface area contributed by atoms with Gasteiger partial charge in [-0.05, 0) is 40.5 Å². The summed E-state index contributed by atoms with van der Waals surface area (Å²) in [6.07, 6.45) is 0. The van der Waals surface area contributed by atoms with E-state index in [0.29, 0.717) is 18.0 Å². The van der Waals surface area contributed by atoms with E-state index >= 15 is 0 Å². The van der Waals surface area contributed by atoms with Gasteiger partial charge in [-0.1, -0.05) is 13.8 Å². The van der Waals surface area contributed by atoms with Crippen LogP contribution in [0.25, 0.3) is 0 Å². The molecule has 1 rings (SSSR count). The Bertz CT molecular complexity index is 350. The first-order valence-electron chi connectivity index (χ1n) is 6.16. The molecule has 0 aliphatic carbocycles. The van der Waals surface area contributed by atoms with Crippen LogP contribution in [-0.4, -0.2) is 15.8 Å². The minimum absolute atomic E-state index is 0.420. The molecule has 92 valence electrons. The smallest absolute Gasteiger partial charge is 0.0828 e. The van der Waals surface area contributed by atoms with Gasteiger partial charge in [-0.25, -0.2) is 0 Å². The maximum absolute atomic E-state index is 4.58.